The SMILES string of the molecule is CCN(C(=O)c1cc(C)c(OCC(=O)O)c(C)c1)c1ccccc1. The van der Waals surface area contributed by atoms with Crippen molar-refractivity contribution in [3.63, 3.8) is 0 Å². The molecular formula is C19H21NO4. The lowest BCUT2D eigenvalue weighted by atomic mass is 10.0. The number of carboxylic acids is 1. The molecule has 2 aromatic rings. The number of carbonyl (C=O) groups is 2. The molecule has 126 valence electrons. The first-order valence-electron chi connectivity index (χ1n) is 7.76. The van der Waals surface area contributed by atoms with E-state index >= 15 is 0 Å². The third-order valence-corrected chi connectivity index (χ3v) is 3.68. The Morgan fingerprint density at radius 1 is 1.08 bits per heavy atom. The molecule has 0 fully saturated rings. The Kier molecular flexibility index (Phi) is 5.58. The Balaban J connectivity index is 2.31. The summed E-state index contributed by atoms with van der Waals surface area (Å²) >= 11 is 0. The van der Waals surface area contributed by atoms with Gasteiger partial charge in [0, 0.05) is 17.8 Å². The Labute approximate surface area is 141 Å². The van der Waals surface area contributed by atoms with Crippen LogP contribution in [0.25, 0.3) is 0 Å². The summed E-state index contributed by atoms with van der Waals surface area (Å²) in [4.78, 5) is 25.2. The van der Waals surface area contributed by atoms with Crippen molar-refractivity contribution in [2.45, 2.75) is 20.8 Å². The Morgan fingerprint density at radius 3 is 2.17 bits per heavy atom. The molecule has 5 heteroatoms. The van der Waals surface area contributed by atoms with Crippen LogP contribution < -0.4 is 9.64 Å². The van der Waals surface area contributed by atoms with Crippen molar-refractivity contribution in [3.05, 3.63) is 59.2 Å². The highest BCUT2D eigenvalue weighted by atomic mass is 16.5. The summed E-state index contributed by atoms with van der Waals surface area (Å²) in [7, 11) is 0. The minimum absolute atomic E-state index is 0.0975. The summed E-state index contributed by atoms with van der Waals surface area (Å²) < 4.78 is 5.31. The van der Waals surface area contributed by atoms with Gasteiger partial charge in [-0.3, -0.25) is 4.79 Å². The van der Waals surface area contributed by atoms with E-state index in [2.05, 4.69) is 0 Å². The highest BCUT2D eigenvalue weighted by molar-refractivity contribution is 6.06. The van der Waals surface area contributed by atoms with Gasteiger partial charge in [0.1, 0.15) is 5.75 Å². The number of carbonyl (C=O) groups excluding carboxylic acids is 1. The van der Waals surface area contributed by atoms with Crippen LogP contribution in [0, 0.1) is 13.8 Å². The molecule has 24 heavy (non-hydrogen) atoms. The number of para-hydroxylation sites is 1. The minimum Gasteiger partial charge on any atom is -0.481 e. The van der Waals surface area contributed by atoms with Gasteiger partial charge in [0.25, 0.3) is 5.91 Å². The van der Waals surface area contributed by atoms with Crippen molar-refractivity contribution in [1.82, 2.24) is 0 Å². The fraction of sp³-hybridized carbons (Fsp3) is 0.263. The summed E-state index contributed by atoms with van der Waals surface area (Å²) in [6.45, 7) is 5.69. The molecule has 0 atom stereocenters. The number of hydrogen-bond donors (Lipinski definition) is 1. The maximum atomic E-state index is 12.8. The molecule has 0 aliphatic rings. The van der Waals surface area contributed by atoms with Crippen molar-refractivity contribution in [1.29, 1.82) is 0 Å². The van der Waals surface area contributed by atoms with Crippen LogP contribution in [0.1, 0.15) is 28.4 Å². The lowest BCUT2D eigenvalue weighted by Gasteiger charge is -2.22. The van der Waals surface area contributed by atoms with Crippen LogP contribution in [0.4, 0.5) is 5.69 Å². The second-order valence-electron chi connectivity index (χ2n) is 5.51. The zero-order valence-electron chi connectivity index (χ0n) is 14.1. The fourth-order valence-corrected chi connectivity index (χ4v) is 2.64. The number of nitrogens with zero attached hydrogens (tertiary/aromatic N) is 1. The van der Waals surface area contributed by atoms with Crippen molar-refractivity contribution >= 4 is 17.6 Å². The molecule has 2 rings (SSSR count). The lowest BCUT2D eigenvalue weighted by Crippen LogP contribution is -2.30. The van der Waals surface area contributed by atoms with Crippen LogP contribution in [0.2, 0.25) is 0 Å². The third-order valence-electron chi connectivity index (χ3n) is 3.68. The number of aryl methyl sites for hydroxylation is 2. The molecule has 0 radical (unpaired) electrons. The first kappa shape index (κ1) is 17.5. The summed E-state index contributed by atoms with van der Waals surface area (Å²) in [5, 5.41) is 8.74. The second kappa shape index (κ2) is 7.64. The number of carboxylic acid groups (broad SMARTS) is 1. The van der Waals surface area contributed by atoms with Gasteiger partial charge in [-0.25, -0.2) is 4.79 Å². The molecule has 1 N–H and O–H groups in total. The number of benzene rings is 2. The topological polar surface area (TPSA) is 66.8 Å². The fourth-order valence-electron chi connectivity index (χ4n) is 2.64. The average Bonchev–Trinajstić information content (AvgIpc) is 2.55. The zero-order valence-corrected chi connectivity index (χ0v) is 14.1. The largest absolute Gasteiger partial charge is 0.481 e. The molecule has 2 aromatic carbocycles. The van der Waals surface area contributed by atoms with Gasteiger partial charge in [0.05, 0.1) is 0 Å². The molecule has 0 saturated heterocycles. The molecule has 0 aliphatic carbocycles. The molecule has 0 aromatic heterocycles. The monoisotopic (exact) mass is 327 g/mol. The third kappa shape index (κ3) is 3.93. The Morgan fingerprint density at radius 2 is 1.67 bits per heavy atom. The van der Waals surface area contributed by atoms with Gasteiger partial charge in [-0.2, -0.15) is 0 Å². The van der Waals surface area contributed by atoms with E-state index in [1.165, 1.54) is 0 Å². The van der Waals surface area contributed by atoms with Crippen LogP contribution in [0.5, 0.6) is 5.75 Å². The summed E-state index contributed by atoms with van der Waals surface area (Å²) in [5.74, 6) is -0.619. The van der Waals surface area contributed by atoms with Crippen molar-refractivity contribution in [2.24, 2.45) is 0 Å². The number of amides is 1. The molecule has 1 amide bonds. The first-order valence-corrected chi connectivity index (χ1v) is 7.76. The predicted octanol–water partition coefficient (Wildman–Crippen LogP) is 3.43. The van der Waals surface area contributed by atoms with E-state index in [0.29, 0.717) is 17.9 Å². The van der Waals surface area contributed by atoms with Gasteiger partial charge in [-0.1, -0.05) is 18.2 Å². The lowest BCUT2D eigenvalue weighted by molar-refractivity contribution is -0.139. The van der Waals surface area contributed by atoms with Gasteiger partial charge in [-0.05, 0) is 56.2 Å². The standard InChI is InChI=1S/C19H21NO4/c1-4-20(16-8-6-5-7-9-16)19(23)15-10-13(2)18(14(3)11-15)24-12-17(21)22/h5-11H,4,12H2,1-3H3,(H,21,22). The quantitative estimate of drug-likeness (QED) is 0.882. The number of ether oxygens (including phenoxy) is 1. The van der Waals surface area contributed by atoms with Gasteiger partial charge >= 0.3 is 5.97 Å². The summed E-state index contributed by atoms with van der Waals surface area (Å²) in [6.07, 6.45) is 0. The van der Waals surface area contributed by atoms with E-state index in [9.17, 15) is 9.59 Å². The van der Waals surface area contributed by atoms with E-state index in [0.717, 1.165) is 16.8 Å². The van der Waals surface area contributed by atoms with Gasteiger partial charge in [-0.15, -0.1) is 0 Å². The van der Waals surface area contributed by atoms with Crippen LogP contribution in [0.15, 0.2) is 42.5 Å². The van der Waals surface area contributed by atoms with E-state index in [1.807, 2.05) is 37.3 Å². The van der Waals surface area contributed by atoms with Crippen LogP contribution in [-0.4, -0.2) is 30.1 Å². The molecular weight excluding hydrogens is 306 g/mol. The van der Waals surface area contributed by atoms with Crippen LogP contribution in [-0.2, 0) is 4.79 Å². The first-order chi connectivity index (χ1) is 11.4. The van der Waals surface area contributed by atoms with Crippen molar-refractivity contribution in [3.8, 4) is 5.75 Å². The number of rotatable bonds is 6. The molecule has 5 nitrogen and oxygen atoms in total. The van der Waals surface area contributed by atoms with E-state index < -0.39 is 12.6 Å². The maximum absolute atomic E-state index is 12.8. The molecule has 0 heterocycles. The summed E-state index contributed by atoms with van der Waals surface area (Å²) in [5.41, 5.74) is 2.87. The predicted molar refractivity (Wildman–Crippen MR) is 92.8 cm³/mol. The highest BCUT2D eigenvalue weighted by Gasteiger charge is 2.18. The zero-order chi connectivity index (χ0) is 17.7. The van der Waals surface area contributed by atoms with Crippen LogP contribution >= 0.6 is 0 Å². The number of hydrogen-bond acceptors (Lipinski definition) is 3. The van der Waals surface area contributed by atoms with E-state index in [4.69, 9.17) is 9.84 Å². The van der Waals surface area contributed by atoms with Gasteiger partial charge in [0.15, 0.2) is 6.61 Å². The van der Waals surface area contributed by atoms with E-state index in [1.54, 1.807) is 30.9 Å². The normalized spacial score (nSPS) is 10.3. The van der Waals surface area contributed by atoms with Gasteiger partial charge < -0.3 is 14.7 Å². The Hall–Kier alpha value is -2.82. The van der Waals surface area contributed by atoms with Gasteiger partial charge in [0.2, 0.25) is 0 Å². The van der Waals surface area contributed by atoms with Crippen molar-refractivity contribution in [2.75, 3.05) is 18.1 Å². The number of aliphatic carboxylic acids is 1. The maximum Gasteiger partial charge on any atom is 0.341 e. The molecule has 0 aliphatic heterocycles. The summed E-state index contributed by atoms with van der Waals surface area (Å²) in [6, 6.07) is 13.0. The number of anilines is 1. The molecule has 0 spiro atoms. The molecule has 0 bridgehead atoms. The Bertz CT molecular complexity index is 717. The average molecular weight is 327 g/mol. The second-order valence-corrected chi connectivity index (χ2v) is 5.51. The van der Waals surface area contributed by atoms with Crippen molar-refractivity contribution < 1.29 is 19.4 Å². The van der Waals surface area contributed by atoms with Crippen LogP contribution in [0.3, 0.4) is 0 Å². The van der Waals surface area contributed by atoms with E-state index in [-0.39, 0.29) is 5.91 Å². The molecule has 0 saturated carbocycles. The highest BCUT2D eigenvalue weighted by Crippen LogP contribution is 2.26. The molecule has 0 unspecified atom stereocenters. The minimum atomic E-state index is -1.03. The smallest absolute Gasteiger partial charge is 0.341 e.